The molecule has 1 aromatic carbocycles. The molecule has 1 fully saturated rings. The van der Waals surface area contributed by atoms with Gasteiger partial charge in [0.05, 0.1) is 7.11 Å². The molecule has 21 heavy (non-hydrogen) atoms. The van der Waals surface area contributed by atoms with Crippen molar-refractivity contribution in [1.29, 1.82) is 0 Å². The van der Waals surface area contributed by atoms with Crippen molar-refractivity contribution in [3.05, 3.63) is 23.5 Å². The van der Waals surface area contributed by atoms with Gasteiger partial charge in [0.25, 0.3) is 15.0 Å². The first-order valence-corrected chi connectivity index (χ1v) is 8.66. The lowest BCUT2D eigenvalue weighted by atomic mass is 9.91. The zero-order chi connectivity index (χ0) is 15.8. The lowest BCUT2D eigenvalue weighted by Gasteiger charge is -2.34. The SMILES string of the molecule is COc1c(F)cc(C(=O)N(C)C2CCC2)cc1S(=O)(=O)Cl. The second-order valence-corrected chi connectivity index (χ2v) is 7.46. The minimum Gasteiger partial charge on any atom is -0.492 e. The van der Waals surface area contributed by atoms with E-state index in [-0.39, 0.29) is 11.6 Å². The third-order valence-electron chi connectivity index (χ3n) is 3.67. The maximum Gasteiger partial charge on any atom is 0.265 e. The van der Waals surface area contributed by atoms with Gasteiger partial charge < -0.3 is 9.64 Å². The highest BCUT2D eigenvalue weighted by atomic mass is 35.7. The molecule has 1 aliphatic carbocycles. The van der Waals surface area contributed by atoms with E-state index >= 15 is 0 Å². The number of carbonyl (C=O) groups excluding carboxylic acids is 1. The molecule has 0 aromatic heterocycles. The third-order valence-corrected chi connectivity index (χ3v) is 4.99. The van der Waals surface area contributed by atoms with E-state index in [1.807, 2.05) is 0 Å². The number of rotatable bonds is 4. The van der Waals surface area contributed by atoms with Gasteiger partial charge in [0.2, 0.25) is 0 Å². The normalized spacial score (nSPS) is 15.4. The fourth-order valence-electron chi connectivity index (χ4n) is 2.21. The number of carbonyl (C=O) groups is 1. The van der Waals surface area contributed by atoms with Gasteiger partial charge in [-0.3, -0.25) is 4.79 Å². The maximum atomic E-state index is 13.9. The second-order valence-electron chi connectivity index (χ2n) is 4.93. The van der Waals surface area contributed by atoms with Crippen LogP contribution in [0.25, 0.3) is 0 Å². The van der Waals surface area contributed by atoms with Gasteiger partial charge in [-0.2, -0.15) is 0 Å². The van der Waals surface area contributed by atoms with E-state index in [1.165, 1.54) is 4.90 Å². The summed E-state index contributed by atoms with van der Waals surface area (Å²) in [4.78, 5) is 13.2. The summed E-state index contributed by atoms with van der Waals surface area (Å²) in [5.74, 6) is -1.87. The monoisotopic (exact) mass is 335 g/mol. The first kappa shape index (κ1) is 16.0. The topological polar surface area (TPSA) is 63.7 Å². The standard InChI is InChI=1S/C13H15ClFNO4S/c1-16(9-4-3-5-9)13(17)8-6-10(15)12(20-2)11(7-8)21(14,18)19/h6-7,9H,3-5H2,1-2H3. The molecule has 116 valence electrons. The highest BCUT2D eigenvalue weighted by Gasteiger charge is 2.29. The molecule has 0 spiro atoms. The molecule has 0 unspecified atom stereocenters. The lowest BCUT2D eigenvalue weighted by molar-refractivity contribution is 0.0651. The van der Waals surface area contributed by atoms with Crippen molar-refractivity contribution in [2.24, 2.45) is 0 Å². The second kappa shape index (κ2) is 5.81. The van der Waals surface area contributed by atoms with E-state index in [9.17, 15) is 17.6 Å². The first-order chi connectivity index (χ1) is 9.75. The van der Waals surface area contributed by atoms with Gasteiger partial charge in [-0.15, -0.1) is 0 Å². The van der Waals surface area contributed by atoms with Crippen molar-refractivity contribution in [2.75, 3.05) is 14.2 Å². The number of nitrogens with zero attached hydrogens (tertiary/aromatic N) is 1. The Bertz CT molecular complexity index is 673. The van der Waals surface area contributed by atoms with E-state index in [0.29, 0.717) is 0 Å². The predicted octanol–water partition coefficient (Wildman–Crippen LogP) is 2.39. The van der Waals surface area contributed by atoms with Crippen molar-refractivity contribution < 1.29 is 22.3 Å². The van der Waals surface area contributed by atoms with Crippen LogP contribution in [0.1, 0.15) is 29.6 Å². The molecular weight excluding hydrogens is 321 g/mol. The molecular formula is C13H15ClFNO4S. The van der Waals surface area contributed by atoms with Crippen molar-refractivity contribution >= 4 is 25.6 Å². The Hall–Kier alpha value is -1.34. The number of hydrogen-bond acceptors (Lipinski definition) is 4. The Labute approximate surface area is 127 Å². The van der Waals surface area contributed by atoms with Crippen molar-refractivity contribution in [1.82, 2.24) is 4.90 Å². The van der Waals surface area contributed by atoms with Gasteiger partial charge >= 0.3 is 0 Å². The average molecular weight is 336 g/mol. The van der Waals surface area contributed by atoms with Gasteiger partial charge in [-0.25, -0.2) is 12.8 Å². The van der Waals surface area contributed by atoms with Crippen LogP contribution in [0.15, 0.2) is 17.0 Å². The summed E-state index contributed by atoms with van der Waals surface area (Å²) in [5, 5.41) is 0. The van der Waals surface area contributed by atoms with Crippen LogP contribution >= 0.6 is 10.7 Å². The Kier molecular flexibility index (Phi) is 4.43. The van der Waals surface area contributed by atoms with Crippen molar-refractivity contribution in [3.8, 4) is 5.75 Å². The van der Waals surface area contributed by atoms with Gasteiger partial charge in [-0.1, -0.05) is 0 Å². The number of methoxy groups -OCH3 is 1. The zero-order valence-corrected chi connectivity index (χ0v) is 13.2. The summed E-state index contributed by atoms with van der Waals surface area (Å²) < 4.78 is 41.7. The number of hydrogen-bond donors (Lipinski definition) is 0. The van der Waals surface area contributed by atoms with E-state index in [4.69, 9.17) is 15.4 Å². The molecule has 1 aliphatic rings. The largest absolute Gasteiger partial charge is 0.492 e. The summed E-state index contributed by atoms with van der Waals surface area (Å²) in [5.41, 5.74) is -0.0677. The smallest absolute Gasteiger partial charge is 0.265 e. The highest BCUT2D eigenvalue weighted by Crippen LogP contribution is 2.32. The molecule has 8 heteroatoms. The van der Waals surface area contributed by atoms with Crippen LogP contribution in [0.4, 0.5) is 4.39 Å². The molecule has 2 rings (SSSR count). The average Bonchev–Trinajstić information content (AvgIpc) is 2.33. The summed E-state index contributed by atoms with van der Waals surface area (Å²) in [7, 11) is 3.79. The van der Waals surface area contributed by atoms with Gasteiger partial charge in [-0.05, 0) is 31.4 Å². The lowest BCUT2D eigenvalue weighted by Crippen LogP contribution is -2.41. The fourth-order valence-corrected chi connectivity index (χ4v) is 3.23. The predicted molar refractivity (Wildman–Crippen MR) is 75.7 cm³/mol. The van der Waals surface area contributed by atoms with Crippen molar-refractivity contribution in [3.63, 3.8) is 0 Å². The third kappa shape index (κ3) is 3.13. The minimum atomic E-state index is -4.23. The van der Waals surface area contributed by atoms with Crippen LogP contribution in [0.3, 0.4) is 0 Å². The number of ether oxygens (including phenoxy) is 1. The molecule has 1 aromatic rings. The number of halogens is 2. The Morgan fingerprint density at radius 3 is 2.48 bits per heavy atom. The molecule has 0 bridgehead atoms. The summed E-state index contributed by atoms with van der Waals surface area (Å²) in [6.45, 7) is 0. The molecule has 0 aliphatic heterocycles. The fraction of sp³-hybridized carbons (Fsp3) is 0.462. The van der Waals surface area contributed by atoms with Crippen LogP contribution in [-0.2, 0) is 9.05 Å². The Morgan fingerprint density at radius 1 is 1.43 bits per heavy atom. The minimum absolute atomic E-state index is 0.0677. The zero-order valence-electron chi connectivity index (χ0n) is 11.6. The van der Waals surface area contributed by atoms with Crippen LogP contribution < -0.4 is 4.74 Å². The number of benzene rings is 1. The number of amides is 1. The van der Waals surface area contributed by atoms with Crippen LogP contribution in [0.2, 0.25) is 0 Å². The maximum absolute atomic E-state index is 13.9. The Morgan fingerprint density at radius 2 is 2.05 bits per heavy atom. The van der Waals surface area contributed by atoms with Gasteiger partial charge in [0, 0.05) is 29.3 Å². The van der Waals surface area contributed by atoms with E-state index in [2.05, 4.69) is 0 Å². The first-order valence-electron chi connectivity index (χ1n) is 6.35. The molecule has 0 saturated heterocycles. The summed E-state index contributed by atoms with van der Waals surface area (Å²) >= 11 is 0. The van der Waals surface area contributed by atoms with Crippen LogP contribution in [0.5, 0.6) is 5.75 Å². The van der Waals surface area contributed by atoms with Crippen molar-refractivity contribution in [2.45, 2.75) is 30.2 Å². The molecule has 0 radical (unpaired) electrons. The van der Waals surface area contributed by atoms with Crippen LogP contribution in [-0.4, -0.2) is 39.4 Å². The summed E-state index contributed by atoms with van der Waals surface area (Å²) in [6, 6.07) is 2.11. The molecule has 1 amide bonds. The molecule has 1 saturated carbocycles. The Balaban J connectivity index is 2.45. The molecule has 0 atom stereocenters. The van der Waals surface area contributed by atoms with E-state index in [1.54, 1.807) is 7.05 Å². The summed E-state index contributed by atoms with van der Waals surface area (Å²) in [6.07, 6.45) is 2.82. The molecule has 0 heterocycles. The highest BCUT2D eigenvalue weighted by molar-refractivity contribution is 8.13. The molecule has 0 N–H and O–H groups in total. The molecule has 5 nitrogen and oxygen atoms in total. The van der Waals surface area contributed by atoms with Gasteiger partial charge in [0.15, 0.2) is 11.6 Å². The van der Waals surface area contributed by atoms with E-state index in [0.717, 1.165) is 38.5 Å². The quantitative estimate of drug-likeness (QED) is 0.792. The van der Waals surface area contributed by atoms with E-state index < -0.39 is 31.4 Å². The van der Waals surface area contributed by atoms with Gasteiger partial charge in [0.1, 0.15) is 4.90 Å². The van der Waals surface area contributed by atoms with Crippen LogP contribution in [0, 0.1) is 5.82 Å².